The van der Waals surface area contributed by atoms with Crippen LogP contribution in [0.15, 0.2) is 0 Å². The Morgan fingerprint density at radius 3 is 2.41 bits per heavy atom. The van der Waals surface area contributed by atoms with Crippen LogP contribution >= 0.6 is 0 Å². The molecule has 0 aliphatic heterocycles. The number of carbonyl (C=O) groups is 1. The Morgan fingerprint density at radius 2 is 1.94 bits per heavy atom. The van der Waals surface area contributed by atoms with Crippen molar-refractivity contribution in [3.63, 3.8) is 0 Å². The predicted octanol–water partition coefficient (Wildman–Crippen LogP) is -0.385. The van der Waals surface area contributed by atoms with Gasteiger partial charge in [0.2, 0.25) is 5.91 Å². The van der Waals surface area contributed by atoms with Crippen LogP contribution in [0.2, 0.25) is 0 Å². The number of nitrogens with one attached hydrogen (secondary N) is 1. The molecular formula is C12H27N3O2. The quantitative estimate of drug-likeness (QED) is 0.581. The topological polar surface area (TPSA) is 55.8 Å². The van der Waals surface area contributed by atoms with Crippen molar-refractivity contribution in [3.05, 3.63) is 0 Å². The number of likely N-dealkylation sites (N-methyl/N-ethyl adjacent to an activating group) is 1. The van der Waals surface area contributed by atoms with Gasteiger partial charge in [0.1, 0.15) is 0 Å². The van der Waals surface area contributed by atoms with Gasteiger partial charge in [0.15, 0.2) is 0 Å². The number of rotatable bonds is 9. The SMILES string of the molecule is CC(C)CN(CCN(C)C)CC(=O)NCCO. The Kier molecular flexibility index (Phi) is 9.03. The molecule has 0 rings (SSSR count). The molecule has 5 nitrogen and oxygen atoms in total. The van der Waals surface area contributed by atoms with E-state index in [9.17, 15) is 4.79 Å². The van der Waals surface area contributed by atoms with Crippen molar-refractivity contribution in [2.45, 2.75) is 13.8 Å². The lowest BCUT2D eigenvalue weighted by Gasteiger charge is -2.25. The summed E-state index contributed by atoms with van der Waals surface area (Å²) in [6, 6.07) is 0. The molecule has 0 saturated carbocycles. The van der Waals surface area contributed by atoms with E-state index in [4.69, 9.17) is 5.11 Å². The largest absolute Gasteiger partial charge is 0.395 e. The number of hydrogen-bond donors (Lipinski definition) is 2. The molecular weight excluding hydrogens is 218 g/mol. The van der Waals surface area contributed by atoms with Crippen molar-refractivity contribution in [2.24, 2.45) is 5.92 Å². The van der Waals surface area contributed by atoms with Crippen molar-refractivity contribution in [1.82, 2.24) is 15.1 Å². The maximum absolute atomic E-state index is 11.6. The minimum Gasteiger partial charge on any atom is -0.395 e. The van der Waals surface area contributed by atoms with Gasteiger partial charge in [-0.15, -0.1) is 0 Å². The molecule has 0 unspecified atom stereocenters. The summed E-state index contributed by atoms with van der Waals surface area (Å²) in [5.74, 6) is 0.529. The lowest BCUT2D eigenvalue weighted by molar-refractivity contribution is -0.122. The van der Waals surface area contributed by atoms with E-state index < -0.39 is 0 Å². The zero-order valence-corrected chi connectivity index (χ0v) is 11.6. The minimum atomic E-state index is -0.0153. The average Bonchev–Trinajstić information content (AvgIpc) is 2.22. The highest BCUT2D eigenvalue weighted by Crippen LogP contribution is 1.98. The van der Waals surface area contributed by atoms with Gasteiger partial charge < -0.3 is 15.3 Å². The molecule has 0 aromatic rings. The Balaban J connectivity index is 4.03. The van der Waals surface area contributed by atoms with Crippen LogP contribution in [0.1, 0.15) is 13.8 Å². The second-order valence-electron chi connectivity index (χ2n) is 5.01. The monoisotopic (exact) mass is 245 g/mol. The summed E-state index contributed by atoms with van der Waals surface area (Å²) in [4.78, 5) is 15.8. The molecule has 0 bridgehead atoms. The first kappa shape index (κ1) is 16.4. The molecule has 2 N–H and O–H groups in total. The summed E-state index contributed by atoms with van der Waals surface area (Å²) < 4.78 is 0. The number of aliphatic hydroxyl groups excluding tert-OH is 1. The third kappa shape index (κ3) is 10.2. The molecule has 5 heteroatoms. The van der Waals surface area contributed by atoms with Crippen molar-refractivity contribution in [1.29, 1.82) is 0 Å². The normalized spacial score (nSPS) is 11.5. The first-order valence-electron chi connectivity index (χ1n) is 6.20. The lowest BCUT2D eigenvalue weighted by atomic mass is 10.2. The Labute approximate surface area is 105 Å². The molecule has 1 amide bonds. The van der Waals surface area contributed by atoms with Gasteiger partial charge in [0, 0.05) is 26.2 Å². The molecule has 0 atom stereocenters. The van der Waals surface area contributed by atoms with E-state index in [0.717, 1.165) is 19.6 Å². The second kappa shape index (κ2) is 9.39. The van der Waals surface area contributed by atoms with Gasteiger partial charge in [-0.05, 0) is 20.0 Å². The molecule has 102 valence electrons. The Morgan fingerprint density at radius 1 is 1.29 bits per heavy atom. The molecule has 0 heterocycles. The number of aliphatic hydroxyl groups is 1. The fourth-order valence-corrected chi connectivity index (χ4v) is 1.55. The number of nitrogens with zero attached hydrogens (tertiary/aromatic N) is 2. The van der Waals surface area contributed by atoms with Crippen LogP contribution in [0.5, 0.6) is 0 Å². The van der Waals surface area contributed by atoms with Gasteiger partial charge in [0.25, 0.3) is 0 Å². The van der Waals surface area contributed by atoms with Crippen LogP contribution in [-0.2, 0) is 4.79 Å². The highest BCUT2D eigenvalue weighted by atomic mass is 16.3. The molecule has 17 heavy (non-hydrogen) atoms. The molecule has 0 aromatic carbocycles. The van der Waals surface area contributed by atoms with Gasteiger partial charge in [-0.25, -0.2) is 0 Å². The first-order chi connectivity index (χ1) is 7.95. The van der Waals surface area contributed by atoms with Gasteiger partial charge in [0.05, 0.1) is 13.2 Å². The third-order valence-electron chi connectivity index (χ3n) is 2.29. The van der Waals surface area contributed by atoms with Crippen molar-refractivity contribution >= 4 is 5.91 Å². The Bertz CT molecular complexity index is 208. The van der Waals surface area contributed by atoms with Crippen LogP contribution in [0.4, 0.5) is 0 Å². The van der Waals surface area contributed by atoms with E-state index in [1.165, 1.54) is 0 Å². The van der Waals surface area contributed by atoms with E-state index in [0.29, 0.717) is 19.0 Å². The van der Waals surface area contributed by atoms with Crippen molar-refractivity contribution in [3.8, 4) is 0 Å². The van der Waals surface area contributed by atoms with Crippen LogP contribution in [0.25, 0.3) is 0 Å². The summed E-state index contributed by atoms with van der Waals surface area (Å²) in [6.45, 7) is 7.78. The average molecular weight is 245 g/mol. The van der Waals surface area contributed by atoms with E-state index in [1.54, 1.807) is 0 Å². The van der Waals surface area contributed by atoms with E-state index in [2.05, 4.69) is 29.0 Å². The van der Waals surface area contributed by atoms with Crippen LogP contribution in [-0.4, -0.2) is 74.2 Å². The fourth-order valence-electron chi connectivity index (χ4n) is 1.55. The zero-order chi connectivity index (χ0) is 13.3. The van der Waals surface area contributed by atoms with Crippen molar-refractivity contribution < 1.29 is 9.90 Å². The molecule has 0 radical (unpaired) electrons. The maximum Gasteiger partial charge on any atom is 0.234 e. The summed E-state index contributed by atoms with van der Waals surface area (Å²) >= 11 is 0. The predicted molar refractivity (Wildman–Crippen MR) is 69.9 cm³/mol. The van der Waals surface area contributed by atoms with E-state index >= 15 is 0 Å². The van der Waals surface area contributed by atoms with Crippen LogP contribution in [0.3, 0.4) is 0 Å². The number of hydrogen-bond acceptors (Lipinski definition) is 4. The van der Waals surface area contributed by atoms with Crippen LogP contribution < -0.4 is 5.32 Å². The van der Waals surface area contributed by atoms with Gasteiger partial charge >= 0.3 is 0 Å². The summed E-state index contributed by atoms with van der Waals surface area (Å²) in [5, 5.41) is 11.3. The summed E-state index contributed by atoms with van der Waals surface area (Å²) in [6.07, 6.45) is 0. The van der Waals surface area contributed by atoms with Crippen LogP contribution in [0, 0.1) is 5.92 Å². The van der Waals surface area contributed by atoms with Crippen molar-refractivity contribution in [2.75, 3.05) is 53.4 Å². The third-order valence-corrected chi connectivity index (χ3v) is 2.29. The maximum atomic E-state index is 11.6. The van der Waals surface area contributed by atoms with Gasteiger partial charge in [-0.1, -0.05) is 13.8 Å². The summed E-state index contributed by atoms with van der Waals surface area (Å²) in [5.41, 5.74) is 0. The number of carbonyl (C=O) groups excluding carboxylic acids is 1. The molecule has 0 fully saturated rings. The van der Waals surface area contributed by atoms with Gasteiger partial charge in [-0.2, -0.15) is 0 Å². The van der Waals surface area contributed by atoms with Gasteiger partial charge in [-0.3, -0.25) is 9.69 Å². The smallest absolute Gasteiger partial charge is 0.234 e. The molecule has 0 aliphatic carbocycles. The molecule has 0 saturated heterocycles. The van der Waals surface area contributed by atoms with E-state index in [1.807, 2.05) is 14.1 Å². The first-order valence-corrected chi connectivity index (χ1v) is 6.20. The standard InChI is InChI=1S/C12H27N3O2/c1-11(2)9-15(7-6-14(3)4)10-12(17)13-5-8-16/h11,16H,5-10H2,1-4H3,(H,13,17). The Hall–Kier alpha value is -0.650. The number of amides is 1. The molecule has 0 aliphatic rings. The lowest BCUT2D eigenvalue weighted by Crippen LogP contribution is -2.42. The highest BCUT2D eigenvalue weighted by molar-refractivity contribution is 5.77. The molecule has 0 spiro atoms. The summed E-state index contributed by atoms with van der Waals surface area (Å²) in [7, 11) is 4.05. The van der Waals surface area contributed by atoms with E-state index in [-0.39, 0.29) is 12.5 Å². The minimum absolute atomic E-state index is 0.00633. The second-order valence-corrected chi connectivity index (χ2v) is 5.01. The molecule has 0 aromatic heterocycles. The zero-order valence-electron chi connectivity index (χ0n) is 11.6. The fraction of sp³-hybridized carbons (Fsp3) is 0.917. The highest BCUT2D eigenvalue weighted by Gasteiger charge is 2.11.